The Balaban J connectivity index is 2.45. The molecule has 0 aromatic rings. The third-order valence-corrected chi connectivity index (χ3v) is 4.50. The normalized spacial score (nSPS) is 18.0. The molecular formula is C20H30O3. The maximum absolute atomic E-state index is 12.6. The molecule has 3 nitrogen and oxygen atoms in total. The zero-order chi connectivity index (χ0) is 16.5. The second kappa shape index (κ2) is 9.71. The third-order valence-electron chi connectivity index (χ3n) is 4.50. The summed E-state index contributed by atoms with van der Waals surface area (Å²) < 4.78 is 10.9. The summed E-state index contributed by atoms with van der Waals surface area (Å²) in [6.45, 7) is 5.17. The predicted octanol–water partition coefficient (Wildman–Crippen LogP) is 4.88. The van der Waals surface area contributed by atoms with Crippen molar-refractivity contribution in [2.45, 2.75) is 65.2 Å². The number of ether oxygens (including phenoxy) is 2. The van der Waals surface area contributed by atoms with Crippen molar-refractivity contribution in [3.63, 3.8) is 0 Å². The molecule has 0 radical (unpaired) electrons. The van der Waals surface area contributed by atoms with Crippen molar-refractivity contribution in [2.24, 2.45) is 0 Å². The van der Waals surface area contributed by atoms with Crippen LogP contribution in [0.4, 0.5) is 0 Å². The zero-order valence-corrected chi connectivity index (χ0v) is 14.7. The van der Waals surface area contributed by atoms with E-state index in [4.69, 9.17) is 9.47 Å². The van der Waals surface area contributed by atoms with E-state index in [1.807, 2.05) is 13.8 Å². The highest BCUT2D eigenvalue weighted by atomic mass is 16.5. The molecular weight excluding hydrogens is 288 g/mol. The van der Waals surface area contributed by atoms with E-state index in [2.05, 4.69) is 12.2 Å². The van der Waals surface area contributed by atoms with Crippen molar-refractivity contribution < 1.29 is 14.3 Å². The van der Waals surface area contributed by atoms with Gasteiger partial charge in [0.2, 0.25) is 0 Å². The van der Waals surface area contributed by atoms with Crippen molar-refractivity contribution in [1.29, 1.82) is 0 Å². The molecule has 0 unspecified atom stereocenters. The van der Waals surface area contributed by atoms with Crippen molar-refractivity contribution >= 4 is 5.97 Å². The molecule has 0 amide bonds. The lowest BCUT2D eigenvalue weighted by Gasteiger charge is -2.24. The number of rotatable bonds is 7. The molecule has 2 aliphatic carbocycles. The molecule has 2 aliphatic rings. The van der Waals surface area contributed by atoms with Crippen molar-refractivity contribution in [2.75, 3.05) is 19.8 Å². The van der Waals surface area contributed by atoms with Gasteiger partial charge in [-0.3, -0.25) is 0 Å². The largest absolute Gasteiger partial charge is 0.463 e. The molecule has 0 aliphatic heterocycles. The molecule has 23 heavy (non-hydrogen) atoms. The van der Waals surface area contributed by atoms with Gasteiger partial charge in [-0.05, 0) is 81.9 Å². The van der Waals surface area contributed by atoms with Crippen LogP contribution >= 0.6 is 0 Å². The van der Waals surface area contributed by atoms with E-state index in [1.54, 1.807) is 0 Å². The Morgan fingerprint density at radius 3 is 2.00 bits per heavy atom. The first-order valence-electron chi connectivity index (χ1n) is 9.14. The lowest BCUT2D eigenvalue weighted by Crippen LogP contribution is -2.18. The summed E-state index contributed by atoms with van der Waals surface area (Å²) in [5.74, 6) is -0.214. The molecule has 0 saturated carbocycles. The molecule has 0 atom stereocenters. The van der Waals surface area contributed by atoms with E-state index < -0.39 is 0 Å². The molecule has 0 spiro atoms. The average molecular weight is 318 g/mol. The highest BCUT2D eigenvalue weighted by molar-refractivity contribution is 5.92. The maximum atomic E-state index is 12.6. The number of hydrogen-bond acceptors (Lipinski definition) is 3. The van der Waals surface area contributed by atoms with Gasteiger partial charge in [-0.2, -0.15) is 0 Å². The summed E-state index contributed by atoms with van der Waals surface area (Å²) in [6, 6.07) is 0. The van der Waals surface area contributed by atoms with Gasteiger partial charge in [-0.15, -0.1) is 0 Å². The van der Waals surface area contributed by atoms with Crippen molar-refractivity contribution in [3.8, 4) is 0 Å². The zero-order valence-electron chi connectivity index (χ0n) is 14.7. The first-order valence-corrected chi connectivity index (χ1v) is 9.14. The Kier molecular flexibility index (Phi) is 7.60. The molecule has 128 valence electrons. The van der Waals surface area contributed by atoms with Gasteiger partial charge in [0, 0.05) is 6.61 Å². The second-order valence-electron chi connectivity index (χ2n) is 6.16. The Hall–Kier alpha value is -1.35. The fourth-order valence-electron chi connectivity index (χ4n) is 3.38. The molecule has 0 bridgehead atoms. The van der Waals surface area contributed by atoms with Crippen LogP contribution in [-0.2, 0) is 14.3 Å². The number of hydrogen-bond donors (Lipinski definition) is 0. The van der Waals surface area contributed by atoms with E-state index in [1.165, 1.54) is 36.8 Å². The Morgan fingerprint density at radius 1 is 0.957 bits per heavy atom. The van der Waals surface area contributed by atoms with E-state index in [-0.39, 0.29) is 5.97 Å². The van der Waals surface area contributed by atoms with E-state index in [9.17, 15) is 4.79 Å². The molecule has 2 rings (SSSR count). The molecule has 0 N–H and O–H groups in total. The summed E-state index contributed by atoms with van der Waals surface area (Å²) in [6.07, 6.45) is 13.9. The van der Waals surface area contributed by atoms with Crippen LogP contribution in [-0.4, -0.2) is 25.8 Å². The van der Waals surface area contributed by atoms with E-state index >= 15 is 0 Å². The first kappa shape index (κ1) is 18.0. The van der Waals surface area contributed by atoms with Crippen LogP contribution in [0, 0.1) is 0 Å². The van der Waals surface area contributed by atoms with Crippen LogP contribution < -0.4 is 0 Å². The van der Waals surface area contributed by atoms with Gasteiger partial charge in [0.15, 0.2) is 0 Å². The molecule has 3 heteroatoms. The summed E-state index contributed by atoms with van der Waals surface area (Å²) in [4.78, 5) is 12.6. The van der Waals surface area contributed by atoms with Gasteiger partial charge in [0.25, 0.3) is 0 Å². The lowest BCUT2D eigenvalue weighted by atomic mass is 9.82. The molecule has 0 fully saturated rings. The quantitative estimate of drug-likeness (QED) is 0.495. The van der Waals surface area contributed by atoms with Gasteiger partial charge in [-0.25, -0.2) is 4.79 Å². The molecule has 0 aromatic carbocycles. The van der Waals surface area contributed by atoms with Gasteiger partial charge in [-0.1, -0.05) is 12.2 Å². The Bertz CT molecular complexity index is 469. The van der Waals surface area contributed by atoms with E-state index in [0.29, 0.717) is 19.8 Å². The van der Waals surface area contributed by atoms with Gasteiger partial charge >= 0.3 is 5.97 Å². The van der Waals surface area contributed by atoms with Crippen LogP contribution in [0.25, 0.3) is 0 Å². The molecule has 0 saturated heterocycles. The van der Waals surface area contributed by atoms with Crippen LogP contribution in [0.2, 0.25) is 0 Å². The third kappa shape index (κ3) is 5.07. The maximum Gasteiger partial charge on any atom is 0.336 e. The smallest absolute Gasteiger partial charge is 0.336 e. The monoisotopic (exact) mass is 318 g/mol. The van der Waals surface area contributed by atoms with Crippen molar-refractivity contribution in [3.05, 3.63) is 34.4 Å². The fourth-order valence-corrected chi connectivity index (χ4v) is 3.38. The van der Waals surface area contributed by atoms with Crippen molar-refractivity contribution in [1.82, 2.24) is 0 Å². The Morgan fingerprint density at radius 2 is 1.57 bits per heavy atom. The Labute approximate surface area is 140 Å². The lowest BCUT2D eigenvalue weighted by molar-refractivity contribution is -0.139. The standard InChI is InChI=1S/C20H30O3/c1-3-22-15-18(20(21)23-4-2)19(16-11-7-5-8-12-16)17-13-9-6-10-14-17/h11,13H,3-10,12,14-15H2,1-2H3. The van der Waals surface area contributed by atoms with Gasteiger partial charge in [0.05, 0.1) is 18.8 Å². The first-order chi connectivity index (χ1) is 11.3. The minimum Gasteiger partial charge on any atom is -0.463 e. The number of carbonyl (C=O) groups is 1. The summed E-state index contributed by atoms with van der Waals surface area (Å²) in [5.41, 5.74) is 4.51. The average Bonchev–Trinajstić information content (AvgIpc) is 2.60. The highest BCUT2D eigenvalue weighted by Crippen LogP contribution is 2.36. The van der Waals surface area contributed by atoms with E-state index in [0.717, 1.165) is 36.8 Å². The number of carbonyl (C=O) groups excluding carboxylic acids is 1. The van der Waals surface area contributed by atoms with Crippen LogP contribution in [0.1, 0.15) is 65.2 Å². The number of allylic oxidation sites excluding steroid dienone is 5. The second-order valence-corrected chi connectivity index (χ2v) is 6.16. The SMILES string of the molecule is CCOCC(C(=O)OCC)=C(C1=CCCCC1)C1=CCCCC1. The van der Waals surface area contributed by atoms with Gasteiger partial charge in [0.1, 0.15) is 0 Å². The minimum atomic E-state index is -0.214. The van der Waals surface area contributed by atoms with Crippen LogP contribution in [0.15, 0.2) is 34.4 Å². The summed E-state index contributed by atoms with van der Waals surface area (Å²) in [7, 11) is 0. The van der Waals surface area contributed by atoms with Crippen LogP contribution in [0.3, 0.4) is 0 Å². The topological polar surface area (TPSA) is 35.5 Å². The predicted molar refractivity (Wildman–Crippen MR) is 93.3 cm³/mol. The summed E-state index contributed by atoms with van der Waals surface area (Å²) >= 11 is 0. The number of esters is 1. The molecule has 0 aromatic heterocycles. The van der Waals surface area contributed by atoms with Crippen LogP contribution in [0.5, 0.6) is 0 Å². The minimum absolute atomic E-state index is 0.214. The van der Waals surface area contributed by atoms with Gasteiger partial charge < -0.3 is 9.47 Å². The summed E-state index contributed by atoms with van der Waals surface area (Å²) in [5, 5.41) is 0. The highest BCUT2D eigenvalue weighted by Gasteiger charge is 2.24. The fraction of sp³-hybridized carbons (Fsp3) is 0.650. The molecule has 0 heterocycles.